The highest BCUT2D eigenvalue weighted by atomic mass is 16.2. The predicted molar refractivity (Wildman–Crippen MR) is 69.6 cm³/mol. The maximum Gasteiger partial charge on any atom is 0.322 e. The molecule has 1 aromatic heterocycles. The summed E-state index contributed by atoms with van der Waals surface area (Å²) in [6, 6.07) is 2.38. The second-order valence-corrected chi connectivity index (χ2v) is 4.89. The van der Waals surface area contributed by atoms with Crippen molar-refractivity contribution in [2.75, 3.05) is 25.0 Å². The summed E-state index contributed by atoms with van der Waals surface area (Å²) in [5, 5.41) is 6.31. The number of carbonyl (C=O) groups excluding carboxylic acids is 1. The van der Waals surface area contributed by atoms with E-state index in [1.807, 2.05) is 11.0 Å². The van der Waals surface area contributed by atoms with Gasteiger partial charge in [0, 0.05) is 18.8 Å². The Morgan fingerprint density at radius 2 is 2.17 bits per heavy atom. The molecule has 0 saturated carbocycles. The average Bonchev–Trinajstić information content (AvgIpc) is 2.58. The minimum Gasteiger partial charge on any atom is -0.321 e. The molecular weight excluding hydrogens is 228 g/mol. The number of carbonyl (C=O) groups is 1. The molecule has 0 radical (unpaired) electrons. The van der Waals surface area contributed by atoms with Crippen LogP contribution < -0.4 is 10.6 Å². The molecule has 0 bridgehead atoms. The van der Waals surface area contributed by atoms with Gasteiger partial charge in [-0.05, 0) is 44.0 Å². The molecule has 1 saturated heterocycles. The fourth-order valence-electron chi connectivity index (χ4n) is 2.75. The smallest absolute Gasteiger partial charge is 0.321 e. The highest BCUT2D eigenvalue weighted by molar-refractivity contribution is 5.91. The zero-order valence-corrected chi connectivity index (χ0v) is 10.4. The predicted octanol–water partition coefficient (Wildman–Crippen LogP) is 1.22. The Morgan fingerprint density at radius 3 is 3.00 bits per heavy atom. The van der Waals surface area contributed by atoms with Gasteiger partial charge in [-0.3, -0.25) is 4.98 Å². The molecule has 5 nitrogen and oxygen atoms in total. The molecule has 2 N–H and O–H groups in total. The van der Waals surface area contributed by atoms with Crippen molar-refractivity contribution in [1.82, 2.24) is 15.2 Å². The first-order valence-electron chi connectivity index (χ1n) is 6.56. The van der Waals surface area contributed by atoms with Crippen molar-refractivity contribution in [2.45, 2.75) is 25.3 Å². The van der Waals surface area contributed by atoms with Gasteiger partial charge in [-0.2, -0.15) is 0 Å². The number of nitrogens with one attached hydrogen (secondary N) is 2. The van der Waals surface area contributed by atoms with Gasteiger partial charge in [0.25, 0.3) is 0 Å². The van der Waals surface area contributed by atoms with Crippen molar-refractivity contribution in [3.8, 4) is 0 Å². The number of urea groups is 1. The van der Waals surface area contributed by atoms with Crippen molar-refractivity contribution in [1.29, 1.82) is 0 Å². The topological polar surface area (TPSA) is 57.3 Å². The Morgan fingerprint density at radius 1 is 1.33 bits per heavy atom. The van der Waals surface area contributed by atoms with E-state index in [9.17, 15) is 4.79 Å². The molecular formula is C13H18N4O. The Balaban J connectivity index is 1.78. The summed E-state index contributed by atoms with van der Waals surface area (Å²) in [6.07, 6.45) is 6.51. The summed E-state index contributed by atoms with van der Waals surface area (Å²) in [7, 11) is 0. The Hall–Kier alpha value is -1.62. The van der Waals surface area contributed by atoms with Gasteiger partial charge in [-0.15, -0.1) is 0 Å². The molecule has 0 spiro atoms. The number of fused-ring (bicyclic) bond motifs is 1. The van der Waals surface area contributed by atoms with Gasteiger partial charge in [0.05, 0.1) is 11.9 Å². The third-order valence-electron chi connectivity index (χ3n) is 3.79. The van der Waals surface area contributed by atoms with Gasteiger partial charge in [0.15, 0.2) is 0 Å². The summed E-state index contributed by atoms with van der Waals surface area (Å²) < 4.78 is 0. The molecule has 2 aliphatic heterocycles. The highest BCUT2D eigenvalue weighted by Gasteiger charge is 2.27. The van der Waals surface area contributed by atoms with Crippen LogP contribution in [0.2, 0.25) is 0 Å². The summed E-state index contributed by atoms with van der Waals surface area (Å²) >= 11 is 0. The van der Waals surface area contributed by atoms with E-state index in [0.717, 1.165) is 44.6 Å². The van der Waals surface area contributed by atoms with Crippen LogP contribution in [0.3, 0.4) is 0 Å². The number of hydrogen-bond donors (Lipinski definition) is 2. The molecule has 0 unspecified atom stereocenters. The largest absolute Gasteiger partial charge is 0.322 e. The maximum absolute atomic E-state index is 12.2. The number of amides is 2. The van der Waals surface area contributed by atoms with Crippen LogP contribution in [0.15, 0.2) is 18.5 Å². The zero-order valence-electron chi connectivity index (χ0n) is 10.4. The molecule has 2 aliphatic rings. The number of hydrogen-bond acceptors (Lipinski definition) is 3. The van der Waals surface area contributed by atoms with E-state index in [1.165, 1.54) is 5.56 Å². The summed E-state index contributed by atoms with van der Waals surface area (Å²) in [4.78, 5) is 18.3. The molecule has 1 fully saturated rings. The van der Waals surface area contributed by atoms with Crippen molar-refractivity contribution in [2.24, 2.45) is 0 Å². The summed E-state index contributed by atoms with van der Waals surface area (Å²) in [5.74, 6) is 0. The van der Waals surface area contributed by atoms with Crippen LogP contribution in [0.4, 0.5) is 10.5 Å². The minimum absolute atomic E-state index is 0.0219. The number of aromatic nitrogens is 1. The monoisotopic (exact) mass is 246 g/mol. The maximum atomic E-state index is 12.2. The van der Waals surface area contributed by atoms with Gasteiger partial charge in [-0.1, -0.05) is 0 Å². The van der Waals surface area contributed by atoms with E-state index in [1.54, 1.807) is 12.4 Å². The standard InChI is InChI=1S/C13H18N4O/c18-13-16-12-9-15-5-1-10(12)4-8-17(13)11-2-6-14-7-3-11/h1,5,9,11,14H,2-4,6-8H2,(H,16,18). The van der Waals surface area contributed by atoms with Crippen LogP contribution in [0.25, 0.3) is 0 Å². The number of piperidine rings is 1. The van der Waals surface area contributed by atoms with Crippen LogP contribution in [0, 0.1) is 0 Å². The van der Waals surface area contributed by atoms with Crippen LogP contribution >= 0.6 is 0 Å². The van der Waals surface area contributed by atoms with Crippen LogP contribution in [-0.2, 0) is 6.42 Å². The second-order valence-electron chi connectivity index (χ2n) is 4.89. The molecule has 0 aliphatic carbocycles. The molecule has 3 rings (SSSR count). The average molecular weight is 246 g/mol. The molecule has 0 atom stereocenters. The Labute approximate surface area is 107 Å². The fourth-order valence-corrected chi connectivity index (χ4v) is 2.75. The van der Waals surface area contributed by atoms with E-state index in [2.05, 4.69) is 15.6 Å². The number of pyridine rings is 1. The molecule has 0 aromatic carbocycles. The van der Waals surface area contributed by atoms with Crippen molar-refractivity contribution >= 4 is 11.7 Å². The normalized spacial score (nSPS) is 21.1. The van der Waals surface area contributed by atoms with Crippen LogP contribution in [0.1, 0.15) is 18.4 Å². The molecule has 1 aromatic rings. The number of anilines is 1. The summed E-state index contributed by atoms with van der Waals surface area (Å²) in [5.41, 5.74) is 2.04. The highest BCUT2D eigenvalue weighted by Crippen LogP contribution is 2.22. The van der Waals surface area contributed by atoms with E-state index >= 15 is 0 Å². The molecule has 2 amide bonds. The van der Waals surface area contributed by atoms with Crippen LogP contribution in [-0.4, -0.2) is 41.6 Å². The lowest BCUT2D eigenvalue weighted by Gasteiger charge is -2.33. The second kappa shape index (κ2) is 4.94. The van der Waals surface area contributed by atoms with E-state index in [4.69, 9.17) is 0 Å². The molecule has 18 heavy (non-hydrogen) atoms. The first-order valence-corrected chi connectivity index (χ1v) is 6.56. The molecule has 3 heterocycles. The number of nitrogens with zero attached hydrogens (tertiary/aromatic N) is 2. The SMILES string of the molecule is O=C1Nc2cnccc2CCN1C1CCNCC1. The third kappa shape index (κ3) is 2.18. The van der Waals surface area contributed by atoms with Gasteiger partial charge in [0.2, 0.25) is 0 Å². The Bertz CT molecular complexity index is 442. The molecule has 5 heteroatoms. The third-order valence-corrected chi connectivity index (χ3v) is 3.79. The lowest BCUT2D eigenvalue weighted by molar-refractivity contribution is 0.173. The minimum atomic E-state index is 0.0219. The van der Waals surface area contributed by atoms with Gasteiger partial charge >= 0.3 is 6.03 Å². The van der Waals surface area contributed by atoms with E-state index in [0.29, 0.717) is 6.04 Å². The first-order chi connectivity index (χ1) is 8.84. The Kier molecular flexibility index (Phi) is 3.15. The van der Waals surface area contributed by atoms with E-state index in [-0.39, 0.29) is 6.03 Å². The van der Waals surface area contributed by atoms with Gasteiger partial charge in [0.1, 0.15) is 0 Å². The number of rotatable bonds is 1. The van der Waals surface area contributed by atoms with Gasteiger partial charge < -0.3 is 15.5 Å². The van der Waals surface area contributed by atoms with E-state index < -0.39 is 0 Å². The molecule has 96 valence electrons. The van der Waals surface area contributed by atoms with Crippen molar-refractivity contribution in [3.05, 3.63) is 24.0 Å². The van der Waals surface area contributed by atoms with Crippen molar-refractivity contribution < 1.29 is 4.79 Å². The zero-order chi connectivity index (χ0) is 12.4. The van der Waals surface area contributed by atoms with Crippen LogP contribution in [0.5, 0.6) is 0 Å². The fraction of sp³-hybridized carbons (Fsp3) is 0.538. The lowest BCUT2D eigenvalue weighted by Crippen LogP contribution is -2.47. The lowest BCUT2D eigenvalue weighted by atomic mass is 10.0. The van der Waals surface area contributed by atoms with Gasteiger partial charge in [-0.25, -0.2) is 4.79 Å². The van der Waals surface area contributed by atoms with Crippen molar-refractivity contribution in [3.63, 3.8) is 0 Å². The first kappa shape index (κ1) is 11.5. The quantitative estimate of drug-likeness (QED) is 0.783. The summed E-state index contributed by atoms with van der Waals surface area (Å²) in [6.45, 7) is 2.80.